The molecule has 2 saturated heterocycles. The first kappa shape index (κ1) is 33.8. The van der Waals surface area contributed by atoms with E-state index in [1.54, 1.807) is 35.4 Å². The van der Waals surface area contributed by atoms with Gasteiger partial charge in [0, 0.05) is 50.5 Å². The number of methoxy groups -OCH3 is 1. The highest BCUT2D eigenvalue weighted by Gasteiger charge is 2.33. The van der Waals surface area contributed by atoms with Gasteiger partial charge >= 0.3 is 5.69 Å². The molecule has 5 heterocycles. The van der Waals surface area contributed by atoms with Crippen molar-refractivity contribution < 1.29 is 23.5 Å². The van der Waals surface area contributed by atoms with Crippen LogP contribution in [-0.2, 0) is 16.6 Å². The number of aromatic nitrogens is 5. The number of likely N-dealkylation sites (tertiary alicyclic amines) is 1. The fourth-order valence-corrected chi connectivity index (χ4v) is 8.43. The Kier molecular flexibility index (Phi) is 9.08. The van der Waals surface area contributed by atoms with E-state index in [-0.39, 0.29) is 35.5 Å². The number of rotatable bonds is 8. The summed E-state index contributed by atoms with van der Waals surface area (Å²) < 4.78 is 15.0. The maximum Gasteiger partial charge on any atom is 0.329 e. The summed E-state index contributed by atoms with van der Waals surface area (Å²) in [5.74, 6) is 1.27. The third kappa shape index (κ3) is 6.35. The molecular formula is C38H42N8O6. The van der Waals surface area contributed by atoms with E-state index >= 15 is 0 Å². The summed E-state index contributed by atoms with van der Waals surface area (Å²) in [4.78, 5) is 66.0. The maximum atomic E-state index is 13.4. The molecule has 8 rings (SSSR count). The van der Waals surface area contributed by atoms with Crippen molar-refractivity contribution in [1.29, 1.82) is 0 Å². The molecular weight excluding hydrogens is 664 g/mol. The lowest BCUT2D eigenvalue weighted by molar-refractivity contribution is -0.135. The number of hydrogen-bond donors (Lipinski definition) is 2. The van der Waals surface area contributed by atoms with Crippen LogP contribution < -0.4 is 21.1 Å². The standard InChI is InChI=1S/C38H42N8O6/c1-44-34-25(4-3-5-29(34)46(38(44)50)30-10-11-33(47)43-36(30)49)23-12-16-45(17-13-23)21-22-6-8-24(9-7-22)37-42-27-18-31(51-2)26(19-32(27)52-37)41-35(48)28-20-39-14-15-40-28/h3-5,14-15,18-20,22-24,30H,6-13,16-17,21H2,1-2H3,(H,41,48)(H,43,47,49)/t22-,24-,30?. The van der Waals surface area contributed by atoms with Gasteiger partial charge in [0.15, 0.2) is 11.5 Å². The van der Waals surface area contributed by atoms with Crippen LogP contribution in [0.25, 0.3) is 22.1 Å². The van der Waals surface area contributed by atoms with Crippen molar-refractivity contribution in [2.24, 2.45) is 13.0 Å². The minimum atomic E-state index is -0.685. The molecule has 3 aromatic heterocycles. The molecule has 3 fully saturated rings. The third-order valence-electron chi connectivity index (χ3n) is 11.2. The van der Waals surface area contributed by atoms with Crippen LogP contribution >= 0.6 is 0 Å². The second kappa shape index (κ2) is 14.0. The predicted molar refractivity (Wildman–Crippen MR) is 192 cm³/mol. The molecule has 270 valence electrons. The lowest BCUT2D eigenvalue weighted by atomic mass is 9.81. The summed E-state index contributed by atoms with van der Waals surface area (Å²) in [7, 11) is 3.33. The van der Waals surface area contributed by atoms with Crippen LogP contribution in [0.5, 0.6) is 5.75 Å². The van der Waals surface area contributed by atoms with Gasteiger partial charge in [-0.1, -0.05) is 12.1 Å². The van der Waals surface area contributed by atoms with E-state index < -0.39 is 11.9 Å². The van der Waals surface area contributed by atoms with Crippen molar-refractivity contribution in [3.8, 4) is 5.75 Å². The number of hydrogen-bond acceptors (Lipinski definition) is 10. The quantitative estimate of drug-likeness (QED) is 0.217. The summed E-state index contributed by atoms with van der Waals surface area (Å²) in [6, 6.07) is 8.87. The van der Waals surface area contributed by atoms with Gasteiger partial charge in [0.25, 0.3) is 5.91 Å². The molecule has 2 aliphatic heterocycles. The fraction of sp³-hybridized carbons (Fsp3) is 0.447. The number of nitrogens with one attached hydrogen (secondary N) is 2. The van der Waals surface area contributed by atoms with Gasteiger partial charge in [0.2, 0.25) is 11.8 Å². The number of imidazole rings is 1. The van der Waals surface area contributed by atoms with Crippen molar-refractivity contribution in [1.82, 2.24) is 34.3 Å². The van der Waals surface area contributed by atoms with E-state index in [0.29, 0.717) is 40.8 Å². The average molecular weight is 707 g/mol. The van der Waals surface area contributed by atoms with E-state index in [1.165, 1.54) is 18.6 Å². The largest absolute Gasteiger partial charge is 0.494 e. The molecule has 1 aliphatic carbocycles. The zero-order chi connectivity index (χ0) is 35.9. The summed E-state index contributed by atoms with van der Waals surface area (Å²) in [5, 5.41) is 5.24. The van der Waals surface area contributed by atoms with Crippen LogP contribution in [-0.4, -0.2) is 73.5 Å². The zero-order valence-electron chi connectivity index (χ0n) is 29.3. The molecule has 14 nitrogen and oxygen atoms in total. The number of nitrogens with zero attached hydrogens (tertiary/aromatic N) is 6. The highest BCUT2D eigenvalue weighted by atomic mass is 16.5. The Morgan fingerprint density at radius 3 is 2.56 bits per heavy atom. The number of piperidine rings is 2. The monoisotopic (exact) mass is 706 g/mol. The normalized spacial score (nSPS) is 21.8. The molecule has 1 atom stereocenters. The lowest BCUT2D eigenvalue weighted by Crippen LogP contribution is -2.44. The van der Waals surface area contributed by atoms with E-state index in [2.05, 4.69) is 31.6 Å². The van der Waals surface area contributed by atoms with E-state index in [9.17, 15) is 19.2 Å². The molecule has 0 bridgehead atoms. The van der Waals surface area contributed by atoms with Crippen LogP contribution in [0.15, 0.2) is 58.1 Å². The first-order valence-electron chi connectivity index (χ1n) is 18.1. The molecule has 1 unspecified atom stereocenters. The summed E-state index contributed by atoms with van der Waals surface area (Å²) in [6.07, 6.45) is 11.1. The fourth-order valence-electron chi connectivity index (χ4n) is 8.43. The zero-order valence-corrected chi connectivity index (χ0v) is 29.3. The van der Waals surface area contributed by atoms with E-state index in [0.717, 1.165) is 80.6 Å². The number of carbonyl (C=O) groups is 3. The number of benzene rings is 2. The number of anilines is 1. The Balaban J connectivity index is 0.880. The topological polar surface area (TPSA) is 166 Å². The molecule has 2 N–H and O–H groups in total. The van der Waals surface area contributed by atoms with Gasteiger partial charge in [-0.25, -0.2) is 14.8 Å². The molecule has 1 saturated carbocycles. The van der Waals surface area contributed by atoms with Crippen LogP contribution in [0.1, 0.15) is 91.2 Å². The van der Waals surface area contributed by atoms with Crippen molar-refractivity contribution in [2.75, 3.05) is 32.1 Å². The first-order valence-corrected chi connectivity index (χ1v) is 18.1. The number of para-hydroxylation sites is 1. The average Bonchev–Trinajstić information content (AvgIpc) is 3.69. The SMILES string of the molecule is COc1cc2nc([C@H]3CC[C@H](CN4CCC(c5cccc6c5n(C)c(=O)n6C5CCC(=O)NC5=O)CC4)CC3)oc2cc1NC(=O)c1cnccn1. The summed E-state index contributed by atoms with van der Waals surface area (Å²) in [5.41, 5.74) is 4.53. The van der Waals surface area contributed by atoms with E-state index in [1.807, 2.05) is 12.1 Å². The van der Waals surface area contributed by atoms with Crippen molar-refractivity contribution in [3.05, 3.63) is 76.6 Å². The maximum absolute atomic E-state index is 13.4. The number of amides is 3. The van der Waals surface area contributed by atoms with Gasteiger partial charge in [0.05, 0.1) is 30.0 Å². The van der Waals surface area contributed by atoms with Crippen LogP contribution in [0, 0.1) is 5.92 Å². The third-order valence-corrected chi connectivity index (χ3v) is 11.2. The van der Waals surface area contributed by atoms with Gasteiger partial charge in [-0.15, -0.1) is 0 Å². The Hall–Kier alpha value is -5.37. The summed E-state index contributed by atoms with van der Waals surface area (Å²) >= 11 is 0. The number of aryl methyl sites for hydroxylation is 1. The molecule has 3 amide bonds. The minimum absolute atomic E-state index is 0.203. The smallest absolute Gasteiger partial charge is 0.329 e. The van der Waals surface area contributed by atoms with Gasteiger partial charge in [-0.05, 0) is 81.5 Å². The van der Waals surface area contributed by atoms with E-state index in [4.69, 9.17) is 14.1 Å². The molecule has 5 aromatic rings. The van der Waals surface area contributed by atoms with Gasteiger partial charge < -0.3 is 19.4 Å². The minimum Gasteiger partial charge on any atom is -0.494 e. The van der Waals surface area contributed by atoms with Crippen molar-refractivity contribution in [2.45, 2.75) is 69.2 Å². The van der Waals surface area contributed by atoms with Crippen LogP contribution in [0.3, 0.4) is 0 Å². The van der Waals surface area contributed by atoms with Crippen LogP contribution in [0.4, 0.5) is 5.69 Å². The summed E-state index contributed by atoms with van der Waals surface area (Å²) in [6.45, 7) is 3.05. The molecule has 0 spiro atoms. The molecule has 52 heavy (non-hydrogen) atoms. The Bertz CT molecular complexity index is 2210. The first-order chi connectivity index (χ1) is 25.3. The Labute approximate surface area is 299 Å². The predicted octanol–water partition coefficient (Wildman–Crippen LogP) is 4.66. The second-order valence-electron chi connectivity index (χ2n) is 14.3. The molecule has 2 aromatic carbocycles. The van der Waals surface area contributed by atoms with Gasteiger partial charge in [-0.3, -0.25) is 33.8 Å². The highest BCUT2D eigenvalue weighted by Crippen LogP contribution is 2.40. The number of fused-ring (bicyclic) bond motifs is 2. The molecule has 3 aliphatic rings. The number of imide groups is 1. The van der Waals surface area contributed by atoms with Gasteiger partial charge in [-0.2, -0.15) is 0 Å². The Morgan fingerprint density at radius 2 is 1.83 bits per heavy atom. The number of ether oxygens (including phenoxy) is 1. The number of oxazole rings is 1. The van der Waals surface area contributed by atoms with Crippen LogP contribution in [0.2, 0.25) is 0 Å². The number of carbonyl (C=O) groups excluding carboxylic acids is 3. The van der Waals surface area contributed by atoms with Crippen molar-refractivity contribution in [3.63, 3.8) is 0 Å². The second-order valence-corrected chi connectivity index (χ2v) is 14.3. The van der Waals surface area contributed by atoms with Gasteiger partial charge in [0.1, 0.15) is 23.0 Å². The molecule has 0 radical (unpaired) electrons. The van der Waals surface area contributed by atoms with Crippen molar-refractivity contribution >= 4 is 45.5 Å². The highest BCUT2D eigenvalue weighted by molar-refractivity contribution is 6.04. The lowest BCUT2D eigenvalue weighted by Gasteiger charge is -2.36. The Morgan fingerprint density at radius 1 is 1.02 bits per heavy atom. The molecule has 14 heteroatoms.